The predicted octanol–water partition coefficient (Wildman–Crippen LogP) is 7.84. The smallest absolute Gasteiger partial charge is 0.493 e. The molecule has 3 aliphatic rings. The van der Waals surface area contributed by atoms with Gasteiger partial charge in [0.15, 0.2) is 4.90 Å². The number of fused-ring (bicyclic) bond motifs is 2. The van der Waals surface area contributed by atoms with Crippen molar-refractivity contribution in [3.05, 3.63) is 36.4 Å². The Bertz CT molecular complexity index is 1930. The summed E-state index contributed by atoms with van der Waals surface area (Å²) in [6, 6.07) is 13.3. The fourth-order valence-corrected chi connectivity index (χ4v) is 13.0. The molecule has 0 amide bonds. The third kappa shape index (κ3) is 9.07. The first-order chi connectivity index (χ1) is 24.4. The maximum absolute atomic E-state index is 14.4. The van der Waals surface area contributed by atoms with Gasteiger partial charge in [-0.3, -0.25) is 0 Å². The molecule has 5 rings (SSSR count). The fourth-order valence-electron chi connectivity index (χ4n) is 6.51. The molecule has 2 aliphatic heterocycles. The van der Waals surface area contributed by atoms with E-state index in [9.17, 15) is 64.8 Å². The summed E-state index contributed by atoms with van der Waals surface area (Å²) in [6.45, 7) is 1.52. The number of sulfonamides is 3. The van der Waals surface area contributed by atoms with Crippen LogP contribution in [0.25, 0.3) is 10.8 Å². The number of alkyl halides is 9. The van der Waals surface area contributed by atoms with Gasteiger partial charge in [0.2, 0.25) is 0 Å². The van der Waals surface area contributed by atoms with Gasteiger partial charge in [-0.25, -0.2) is 25.3 Å². The van der Waals surface area contributed by atoms with Crippen LogP contribution in [0.5, 0.6) is 5.75 Å². The van der Waals surface area contributed by atoms with E-state index in [4.69, 9.17) is 4.74 Å². The number of unbranched alkanes of at least 4 members (excludes halogenated alkanes) is 1. The third-order valence-electron chi connectivity index (χ3n) is 9.45. The van der Waals surface area contributed by atoms with Crippen LogP contribution in [0.15, 0.2) is 41.3 Å². The Morgan fingerprint density at radius 3 is 1.91 bits per heavy atom. The molecular weight excluding hydrogens is 824 g/mol. The lowest BCUT2D eigenvalue weighted by Crippen LogP contribution is -2.66. The van der Waals surface area contributed by atoms with Crippen LogP contribution < -0.4 is 8.86 Å². The molecule has 0 bridgehead atoms. The Morgan fingerprint density at radius 1 is 0.759 bits per heavy atom. The van der Waals surface area contributed by atoms with Gasteiger partial charge in [-0.15, -0.1) is 0 Å². The van der Waals surface area contributed by atoms with Crippen molar-refractivity contribution in [3.8, 4) is 5.75 Å². The zero-order chi connectivity index (χ0) is 39.7. The summed E-state index contributed by atoms with van der Waals surface area (Å²) in [5.41, 5.74) is -6.61. The molecule has 22 heteroatoms. The summed E-state index contributed by atoms with van der Waals surface area (Å²) < 4.78 is 195. The van der Waals surface area contributed by atoms with Crippen LogP contribution in [0, 0.1) is 11.8 Å². The van der Waals surface area contributed by atoms with Gasteiger partial charge >= 0.3 is 32.0 Å². The minimum absolute atomic E-state index is 0. The molecule has 2 heterocycles. The molecule has 9 nitrogen and oxygen atoms in total. The average molecular weight is 868 g/mol. The predicted molar refractivity (Wildman–Crippen MR) is 188 cm³/mol. The number of piperidine rings is 1. The minimum Gasteiger partial charge on any atom is -0.493 e. The lowest BCUT2D eigenvalue weighted by molar-refractivity contribution is -0.245. The molecule has 1 saturated carbocycles. The number of benzene rings is 2. The van der Waals surface area contributed by atoms with Gasteiger partial charge in [0.25, 0.3) is 20.0 Å². The largest absolute Gasteiger partial charge is 0.512 e. The van der Waals surface area contributed by atoms with Gasteiger partial charge in [0, 0.05) is 34.8 Å². The summed E-state index contributed by atoms with van der Waals surface area (Å²) in [4.78, 5) is 1.56. The van der Waals surface area contributed by atoms with Crippen molar-refractivity contribution < 1.29 is 69.5 Å². The first-order valence-corrected chi connectivity index (χ1v) is 22.7. The van der Waals surface area contributed by atoms with E-state index in [0.29, 0.717) is 30.2 Å². The summed E-state index contributed by atoms with van der Waals surface area (Å²) >= 11 is 0. The molecule has 2 atom stereocenters. The van der Waals surface area contributed by atoms with Gasteiger partial charge < -0.3 is 4.74 Å². The van der Waals surface area contributed by atoms with E-state index in [1.807, 2.05) is 0 Å². The topological polar surface area (TPSA) is 127 Å². The monoisotopic (exact) mass is 867 g/mol. The standard InChI is InChI=1S/C18H23OS.C13H17F9N2O6S3.CH4/c1-2-3-12-19-17-10-11-18(20-13-6-7-14-20)16-9-5-4-8-15(16)17;14-10(15,11(16,17)31(25,26)23-32(27,28)13(20,21)22)12(18,19)33(29,30)24-6-5-8-3-1-2-4-9(8)7-24;/h4-5,8-11H,2-3,6-7,12-14H2,1H3;8-9,23H,1-7H2;1H4/q+1;;. The lowest BCUT2D eigenvalue weighted by atomic mass is 9.76. The van der Waals surface area contributed by atoms with Crippen LogP contribution in [0.2, 0.25) is 0 Å². The van der Waals surface area contributed by atoms with Crippen molar-refractivity contribution in [2.24, 2.45) is 11.8 Å². The van der Waals surface area contributed by atoms with Crippen LogP contribution >= 0.6 is 0 Å². The highest BCUT2D eigenvalue weighted by molar-refractivity contribution is 8.05. The van der Waals surface area contributed by atoms with Crippen molar-refractivity contribution in [2.45, 2.75) is 99.0 Å². The van der Waals surface area contributed by atoms with E-state index >= 15 is 0 Å². The summed E-state index contributed by atoms with van der Waals surface area (Å²) in [5, 5.41) is -11.5. The summed E-state index contributed by atoms with van der Waals surface area (Å²) in [5.74, 6) is -4.25. The quantitative estimate of drug-likeness (QED) is 0.131. The van der Waals surface area contributed by atoms with Gasteiger partial charge in [0.1, 0.15) is 17.3 Å². The highest BCUT2D eigenvalue weighted by atomic mass is 32.3. The first kappa shape index (κ1) is 46.4. The summed E-state index contributed by atoms with van der Waals surface area (Å²) in [6.07, 6.45) is 7.28. The number of halogens is 9. The molecule has 3 fully saturated rings. The van der Waals surface area contributed by atoms with E-state index in [1.165, 1.54) is 41.5 Å². The Balaban J connectivity index is 0.000000317. The fraction of sp³-hybridized carbons (Fsp3) is 0.688. The van der Waals surface area contributed by atoms with Crippen molar-refractivity contribution in [1.29, 1.82) is 0 Å². The Labute approximate surface area is 312 Å². The zero-order valence-electron chi connectivity index (χ0n) is 28.4. The van der Waals surface area contributed by atoms with E-state index in [-0.39, 0.29) is 24.1 Å². The van der Waals surface area contributed by atoms with Crippen molar-refractivity contribution in [1.82, 2.24) is 8.43 Å². The van der Waals surface area contributed by atoms with Gasteiger partial charge in [-0.2, -0.15) is 43.8 Å². The molecule has 2 saturated heterocycles. The molecule has 2 aromatic carbocycles. The van der Waals surface area contributed by atoms with Crippen LogP contribution in [0.4, 0.5) is 39.5 Å². The molecule has 0 spiro atoms. The first-order valence-electron chi connectivity index (χ1n) is 16.7. The molecule has 0 radical (unpaired) electrons. The number of nitrogens with one attached hydrogen (secondary N) is 1. The minimum atomic E-state index is -7.76. The molecular formula is C32H44F9N2O7S4+. The summed E-state index contributed by atoms with van der Waals surface area (Å²) in [7, 11) is -21.2. The SMILES string of the molecule is C.CCCCOc1ccc([S+]2CCCC2)c2ccccc12.O=S(=O)(NS(=O)(=O)C(F)(F)C(F)(F)C(F)(F)S(=O)(=O)N1CCC2CCCCC2C1)C(F)(F)F. The molecule has 1 N–H and O–H groups in total. The second-order valence-corrected chi connectivity index (χ2v) is 20.9. The number of ether oxygens (including phenoxy) is 1. The third-order valence-corrected chi connectivity index (χ3v) is 17.2. The zero-order valence-corrected chi connectivity index (χ0v) is 31.6. The Kier molecular flexibility index (Phi) is 14.8. The van der Waals surface area contributed by atoms with E-state index in [2.05, 4.69) is 43.3 Å². The molecule has 310 valence electrons. The molecule has 2 aromatic rings. The normalized spacial score (nSPS) is 21.1. The maximum Gasteiger partial charge on any atom is 0.512 e. The van der Waals surface area contributed by atoms with Crippen molar-refractivity contribution >= 4 is 51.7 Å². The van der Waals surface area contributed by atoms with Gasteiger partial charge in [-0.1, -0.05) is 62.4 Å². The second kappa shape index (κ2) is 17.2. The molecule has 2 unspecified atom stereocenters. The van der Waals surface area contributed by atoms with Crippen molar-refractivity contribution in [2.75, 3.05) is 31.2 Å². The number of hydrogen-bond donors (Lipinski definition) is 1. The second-order valence-electron chi connectivity index (χ2n) is 13.0. The average Bonchev–Trinajstić information content (AvgIpc) is 3.62. The molecule has 54 heavy (non-hydrogen) atoms. The number of nitrogens with zero attached hydrogens (tertiary/aromatic N) is 1. The van der Waals surface area contributed by atoms with Crippen LogP contribution in [0.1, 0.15) is 72.1 Å². The molecule has 0 aromatic heterocycles. The Morgan fingerprint density at radius 2 is 1.33 bits per heavy atom. The van der Waals surface area contributed by atoms with Crippen LogP contribution in [0.3, 0.4) is 0 Å². The van der Waals surface area contributed by atoms with Crippen LogP contribution in [-0.2, 0) is 41.0 Å². The maximum atomic E-state index is 14.4. The van der Waals surface area contributed by atoms with Crippen LogP contribution in [-0.4, -0.2) is 82.7 Å². The van der Waals surface area contributed by atoms with Gasteiger partial charge in [0.05, 0.1) is 6.61 Å². The lowest BCUT2D eigenvalue weighted by Gasteiger charge is -2.42. The van der Waals surface area contributed by atoms with E-state index in [1.54, 1.807) is 4.90 Å². The number of hydrogen-bond acceptors (Lipinski definition) is 7. The van der Waals surface area contributed by atoms with Gasteiger partial charge in [-0.05, 0) is 62.1 Å². The van der Waals surface area contributed by atoms with E-state index < -0.39 is 75.1 Å². The van der Waals surface area contributed by atoms with Crippen molar-refractivity contribution in [3.63, 3.8) is 0 Å². The highest BCUT2D eigenvalue weighted by Gasteiger charge is 2.83. The highest BCUT2D eigenvalue weighted by Crippen LogP contribution is 2.52. The van der Waals surface area contributed by atoms with E-state index in [0.717, 1.165) is 25.2 Å². The Hall–Kier alpha value is -2.01. The molecule has 1 aliphatic carbocycles. The number of rotatable bonds is 12.